The second-order valence-corrected chi connectivity index (χ2v) is 8.72. The first-order chi connectivity index (χ1) is 14.5. The second-order valence-electron chi connectivity index (χ2n) is 6.86. The summed E-state index contributed by atoms with van der Waals surface area (Å²) in [6.07, 6.45) is 0. The van der Waals surface area contributed by atoms with Crippen molar-refractivity contribution < 1.29 is 4.79 Å². The van der Waals surface area contributed by atoms with Crippen LogP contribution in [0.3, 0.4) is 0 Å². The largest absolute Gasteiger partial charge is 0.378 e. The van der Waals surface area contributed by atoms with E-state index in [0.717, 1.165) is 32.8 Å². The number of hydrogen-bond donors (Lipinski definition) is 2. The molecule has 2 N–H and O–H groups in total. The van der Waals surface area contributed by atoms with Crippen LogP contribution < -0.4 is 15.5 Å². The van der Waals surface area contributed by atoms with Crippen LogP contribution in [-0.2, 0) is 0 Å². The Balaban J connectivity index is 1.47. The molecule has 0 spiro atoms. The SMILES string of the molecule is Cc1nc(NC(=O)c2ccccc2)sc1-c1csc(Nc2ccc(N(C)C)cc2)n1. The van der Waals surface area contributed by atoms with E-state index in [1.807, 2.05) is 56.7 Å². The Labute approximate surface area is 183 Å². The lowest BCUT2D eigenvalue weighted by atomic mass is 10.2. The van der Waals surface area contributed by atoms with Crippen LogP contribution >= 0.6 is 22.7 Å². The molecule has 0 unspecified atom stereocenters. The molecule has 2 aromatic carbocycles. The average Bonchev–Trinajstić information content (AvgIpc) is 3.35. The number of aromatic nitrogens is 2. The third-order valence-electron chi connectivity index (χ3n) is 4.42. The van der Waals surface area contributed by atoms with E-state index < -0.39 is 0 Å². The highest BCUT2D eigenvalue weighted by atomic mass is 32.1. The van der Waals surface area contributed by atoms with E-state index in [2.05, 4.69) is 32.7 Å². The van der Waals surface area contributed by atoms with Gasteiger partial charge >= 0.3 is 0 Å². The minimum Gasteiger partial charge on any atom is -0.378 e. The Morgan fingerprint density at radius 3 is 2.40 bits per heavy atom. The van der Waals surface area contributed by atoms with Crippen LogP contribution in [0.4, 0.5) is 21.6 Å². The number of carbonyl (C=O) groups excluding carboxylic acids is 1. The quantitative estimate of drug-likeness (QED) is 0.410. The van der Waals surface area contributed by atoms with E-state index in [0.29, 0.717) is 10.7 Å². The van der Waals surface area contributed by atoms with Crippen molar-refractivity contribution in [3.63, 3.8) is 0 Å². The minimum absolute atomic E-state index is 0.169. The van der Waals surface area contributed by atoms with Gasteiger partial charge in [0.2, 0.25) is 0 Å². The molecule has 2 aromatic heterocycles. The lowest BCUT2D eigenvalue weighted by molar-refractivity contribution is 0.102. The van der Waals surface area contributed by atoms with Gasteiger partial charge in [0.1, 0.15) is 0 Å². The monoisotopic (exact) mass is 435 g/mol. The van der Waals surface area contributed by atoms with Gasteiger partial charge in [0.15, 0.2) is 10.3 Å². The molecule has 0 aliphatic heterocycles. The van der Waals surface area contributed by atoms with Crippen LogP contribution in [-0.4, -0.2) is 30.0 Å². The molecule has 0 saturated carbocycles. The summed E-state index contributed by atoms with van der Waals surface area (Å²) in [5.41, 5.74) is 4.43. The van der Waals surface area contributed by atoms with Crippen LogP contribution in [0.5, 0.6) is 0 Å². The smallest absolute Gasteiger partial charge is 0.257 e. The van der Waals surface area contributed by atoms with Crippen LogP contribution in [0.15, 0.2) is 60.0 Å². The number of amides is 1. The number of nitrogens with zero attached hydrogens (tertiary/aromatic N) is 3. The average molecular weight is 436 g/mol. The third kappa shape index (κ3) is 4.50. The van der Waals surface area contributed by atoms with Crippen molar-refractivity contribution >= 4 is 50.2 Å². The van der Waals surface area contributed by atoms with Crippen molar-refractivity contribution in [2.24, 2.45) is 0 Å². The van der Waals surface area contributed by atoms with Crippen molar-refractivity contribution in [1.82, 2.24) is 9.97 Å². The molecule has 4 aromatic rings. The topological polar surface area (TPSA) is 70.2 Å². The minimum atomic E-state index is -0.169. The molecule has 6 nitrogen and oxygen atoms in total. The zero-order chi connectivity index (χ0) is 21.1. The number of carbonyl (C=O) groups is 1. The fraction of sp³-hybridized carbons (Fsp3) is 0.136. The van der Waals surface area contributed by atoms with Crippen LogP contribution in [0.25, 0.3) is 10.6 Å². The summed E-state index contributed by atoms with van der Waals surface area (Å²) >= 11 is 2.97. The Kier molecular flexibility index (Phi) is 5.78. The molecule has 30 heavy (non-hydrogen) atoms. The van der Waals surface area contributed by atoms with Gasteiger partial charge in [0, 0.05) is 36.4 Å². The molecule has 8 heteroatoms. The first-order valence-corrected chi connectivity index (χ1v) is 11.0. The molecule has 2 heterocycles. The molecule has 152 valence electrons. The van der Waals surface area contributed by atoms with E-state index in [4.69, 9.17) is 4.98 Å². The van der Waals surface area contributed by atoms with Gasteiger partial charge in [-0.2, -0.15) is 0 Å². The van der Waals surface area contributed by atoms with Crippen molar-refractivity contribution in [3.05, 3.63) is 71.2 Å². The highest BCUT2D eigenvalue weighted by Gasteiger charge is 2.15. The summed E-state index contributed by atoms with van der Waals surface area (Å²) in [4.78, 5) is 24.6. The lowest BCUT2D eigenvalue weighted by Crippen LogP contribution is -2.11. The summed E-state index contributed by atoms with van der Waals surface area (Å²) in [5.74, 6) is -0.169. The lowest BCUT2D eigenvalue weighted by Gasteiger charge is -2.12. The van der Waals surface area contributed by atoms with Gasteiger partial charge in [-0.3, -0.25) is 10.1 Å². The zero-order valence-corrected chi connectivity index (χ0v) is 18.5. The van der Waals surface area contributed by atoms with E-state index in [1.54, 1.807) is 12.1 Å². The van der Waals surface area contributed by atoms with Crippen molar-refractivity contribution in [2.75, 3.05) is 29.6 Å². The molecule has 0 aliphatic carbocycles. The van der Waals surface area contributed by atoms with Gasteiger partial charge in [0.25, 0.3) is 5.91 Å². The number of benzene rings is 2. The third-order valence-corrected chi connectivity index (χ3v) is 6.28. The highest BCUT2D eigenvalue weighted by molar-refractivity contribution is 7.20. The van der Waals surface area contributed by atoms with Crippen LogP contribution in [0, 0.1) is 6.92 Å². The first-order valence-electron chi connectivity index (χ1n) is 9.34. The molecule has 4 rings (SSSR count). The number of aryl methyl sites for hydroxylation is 1. The summed E-state index contributed by atoms with van der Waals surface area (Å²) in [5, 5.41) is 9.60. The number of anilines is 4. The number of hydrogen-bond acceptors (Lipinski definition) is 7. The second kappa shape index (κ2) is 8.64. The van der Waals surface area contributed by atoms with Gasteiger partial charge in [-0.25, -0.2) is 9.97 Å². The van der Waals surface area contributed by atoms with Crippen molar-refractivity contribution in [3.8, 4) is 10.6 Å². The van der Waals surface area contributed by atoms with E-state index in [1.165, 1.54) is 22.7 Å². The number of thiazole rings is 2. The maximum atomic E-state index is 12.4. The molecular formula is C22H21N5OS2. The predicted molar refractivity (Wildman–Crippen MR) is 126 cm³/mol. The molecule has 0 radical (unpaired) electrons. The highest BCUT2D eigenvalue weighted by Crippen LogP contribution is 2.35. The maximum Gasteiger partial charge on any atom is 0.257 e. The summed E-state index contributed by atoms with van der Waals surface area (Å²) in [7, 11) is 4.03. The molecular weight excluding hydrogens is 414 g/mol. The first kappa shape index (κ1) is 20.1. The fourth-order valence-corrected chi connectivity index (χ4v) is 4.57. The van der Waals surface area contributed by atoms with Gasteiger partial charge in [-0.1, -0.05) is 29.5 Å². The fourth-order valence-electron chi connectivity index (χ4n) is 2.85. The Morgan fingerprint density at radius 2 is 1.70 bits per heavy atom. The number of nitrogens with one attached hydrogen (secondary N) is 2. The van der Waals surface area contributed by atoms with Crippen molar-refractivity contribution in [2.45, 2.75) is 6.92 Å². The predicted octanol–water partition coefficient (Wildman–Crippen LogP) is 5.64. The van der Waals surface area contributed by atoms with E-state index in [9.17, 15) is 4.79 Å². The molecule has 0 atom stereocenters. The van der Waals surface area contributed by atoms with Gasteiger partial charge < -0.3 is 10.2 Å². The molecule has 1 amide bonds. The van der Waals surface area contributed by atoms with Crippen LogP contribution in [0.1, 0.15) is 16.1 Å². The van der Waals surface area contributed by atoms with Crippen molar-refractivity contribution in [1.29, 1.82) is 0 Å². The van der Waals surface area contributed by atoms with E-state index in [-0.39, 0.29) is 5.91 Å². The molecule has 0 fully saturated rings. The van der Waals surface area contributed by atoms with Gasteiger partial charge in [0.05, 0.1) is 16.3 Å². The summed E-state index contributed by atoms with van der Waals surface area (Å²) in [6.45, 7) is 1.93. The standard InChI is InChI=1S/C22H21N5OS2/c1-14-19(30-22(23-14)26-20(28)15-7-5-4-6-8-15)18-13-29-21(25-18)24-16-9-11-17(12-10-16)27(2)3/h4-13H,1-3H3,(H,24,25)(H,23,26,28). The zero-order valence-electron chi connectivity index (χ0n) is 16.8. The van der Waals surface area contributed by atoms with Gasteiger partial charge in [-0.15, -0.1) is 11.3 Å². The maximum absolute atomic E-state index is 12.4. The molecule has 0 bridgehead atoms. The Hall–Kier alpha value is -3.23. The Morgan fingerprint density at radius 1 is 0.967 bits per heavy atom. The van der Waals surface area contributed by atoms with E-state index >= 15 is 0 Å². The van der Waals surface area contributed by atoms with Crippen LogP contribution in [0.2, 0.25) is 0 Å². The number of rotatable bonds is 6. The molecule has 0 saturated heterocycles. The summed E-state index contributed by atoms with van der Waals surface area (Å²) < 4.78 is 0. The molecule has 0 aliphatic rings. The Bertz CT molecular complexity index is 1150. The van der Waals surface area contributed by atoms with Gasteiger partial charge in [-0.05, 0) is 43.3 Å². The normalized spacial score (nSPS) is 10.6. The summed E-state index contributed by atoms with van der Waals surface area (Å²) in [6, 6.07) is 17.3.